The van der Waals surface area contributed by atoms with Crippen LogP contribution < -0.4 is 0 Å². The van der Waals surface area contributed by atoms with Crippen LogP contribution in [0, 0.1) is 0 Å². The number of hydrogen-bond donors (Lipinski definition) is 0. The molecule has 56 heavy (non-hydrogen) atoms. The predicted molar refractivity (Wildman–Crippen MR) is 239 cm³/mol. The number of rotatable bonds is 4. The van der Waals surface area contributed by atoms with Crippen molar-refractivity contribution in [3.05, 3.63) is 206 Å². The molecule has 0 aliphatic rings. The van der Waals surface area contributed by atoms with Crippen molar-refractivity contribution in [2.24, 2.45) is 0 Å². The van der Waals surface area contributed by atoms with E-state index in [9.17, 15) is 0 Å². The number of benzene rings is 10. The first-order valence-corrected chi connectivity index (χ1v) is 19.4. The van der Waals surface area contributed by atoms with Crippen molar-refractivity contribution in [1.82, 2.24) is 9.13 Å². The monoisotopic (exact) mass is 710 g/mol. The topological polar surface area (TPSA) is 9.86 Å². The second-order valence-corrected chi connectivity index (χ2v) is 14.9. The molecule has 260 valence electrons. The molecule has 0 amide bonds. The molecule has 0 aliphatic heterocycles. The Kier molecular flexibility index (Phi) is 6.66. The molecule has 2 heterocycles. The highest BCUT2D eigenvalue weighted by atomic mass is 15.0. The maximum Gasteiger partial charge on any atom is 0.0553 e. The molecule has 0 atom stereocenters. The maximum absolute atomic E-state index is 2.51. The summed E-state index contributed by atoms with van der Waals surface area (Å²) in [6.45, 7) is 0. The summed E-state index contributed by atoms with van der Waals surface area (Å²) in [6, 6.07) is 75.8. The van der Waals surface area contributed by atoms with Gasteiger partial charge in [-0.2, -0.15) is 0 Å². The van der Waals surface area contributed by atoms with E-state index in [1.165, 1.54) is 110 Å². The van der Waals surface area contributed by atoms with Gasteiger partial charge in [0.25, 0.3) is 0 Å². The fourth-order valence-corrected chi connectivity index (χ4v) is 9.40. The van der Waals surface area contributed by atoms with Crippen LogP contribution >= 0.6 is 0 Å². The van der Waals surface area contributed by atoms with E-state index in [1.54, 1.807) is 0 Å². The van der Waals surface area contributed by atoms with Gasteiger partial charge in [-0.1, -0.05) is 152 Å². The molecule has 0 spiro atoms. The molecule has 0 radical (unpaired) electrons. The van der Waals surface area contributed by atoms with Gasteiger partial charge in [0.2, 0.25) is 0 Å². The molecule has 12 rings (SSSR count). The highest BCUT2D eigenvalue weighted by molar-refractivity contribution is 6.28. The Morgan fingerprint density at radius 1 is 0.232 bits per heavy atom. The van der Waals surface area contributed by atoms with Crippen LogP contribution in [0.15, 0.2) is 206 Å². The van der Waals surface area contributed by atoms with Gasteiger partial charge in [0.15, 0.2) is 0 Å². The van der Waals surface area contributed by atoms with Crippen molar-refractivity contribution < 1.29 is 0 Å². The van der Waals surface area contributed by atoms with Crippen LogP contribution in [0.5, 0.6) is 0 Å². The molecular formula is C54H34N2. The minimum absolute atomic E-state index is 1.17. The van der Waals surface area contributed by atoms with E-state index in [2.05, 4.69) is 215 Å². The van der Waals surface area contributed by atoms with Gasteiger partial charge in [0, 0.05) is 32.6 Å². The van der Waals surface area contributed by atoms with E-state index in [0.717, 1.165) is 0 Å². The molecule has 10 aromatic carbocycles. The Morgan fingerprint density at radius 3 is 1.45 bits per heavy atom. The number of fused-ring (bicyclic) bond motifs is 12. The van der Waals surface area contributed by atoms with Crippen molar-refractivity contribution in [1.29, 1.82) is 0 Å². The van der Waals surface area contributed by atoms with Gasteiger partial charge in [0.05, 0.1) is 27.8 Å². The fourth-order valence-electron chi connectivity index (χ4n) is 9.40. The van der Waals surface area contributed by atoms with Crippen molar-refractivity contribution in [3.8, 4) is 33.6 Å². The summed E-state index contributed by atoms with van der Waals surface area (Å²) in [5.41, 5.74) is 12.0. The predicted octanol–water partition coefficient (Wildman–Crippen LogP) is 14.7. The van der Waals surface area contributed by atoms with E-state index in [4.69, 9.17) is 0 Å². The van der Waals surface area contributed by atoms with Crippen LogP contribution in [-0.4, -0.2) is 9.13 Å². The highest BCUT2D eigenvalue weighted by Crippen LogP contribution is 2.44. The third-order valence-corrected chi connectivity index (χ3v) is 11.9. The quantitative estimate of drug-likeness (QED) is 0.161. The van der Waals surface area contributed by atoms with Gasteiger partial charge < -0.3 is 9.13 Å². The van der Waals surface area contributed by atoms with Crippen molar-refractivity contribution >= 4 is 75.9 Å². The third kappa shape index (κ3) is 4.50. The number of aromatic nitrogens is 2. The van der Waals surface area contributed by atoms with Gasteiger partial charge in [-0.3, -0.25) is 0 Å². The molecule has 0 bridgehead atoms. The standard InChI is InChI=1S/C54H34N2/c1-3-15-35(16-4-1)38-32-48-42-21-8-7-19-40(42)41-20-9-10-24-46(41)54(48)53(34-38)56-50-26-14-12-23-44(50)47-31-36(28-30-51(47)56)37-27-29-45-43-22-11-13-25-49(43)55(52(45)33-37)39-17-5-2-6-18-39/h1-34H. The Labute approximate surface area is 323 Å². The Bertz CT molecular complexity index is 3510. The first kappa shape index (κ1) is 31.0. The van der Waals surface area contributed by atoms with Gasteiger partial charge in [-0.25, -0.2) is 0 Å². The van der Waals surface area contributed by atoms with E-state index in [-0.39, 0.29) is 0 Å². The third-order valence-electron chi connectivity index (χ3n) is 11.9. The lowest BCUT2D eigenvalue weighted by Crippen LogP contribution is -1.98. The molecule has 2 nitrogen and oxygen atoms in total. The van der Waals surface area contributed by atoms with Crippen LogP contribution in [0.4, 0.5) is 0 Å². The number of para-hydroxylation sites is 3. The highest BCUT2D eigenvalue weighted by Gasteiger charge is 2.20. The molecule has 0 saturated carbocycles. The van der Waals surface area contributed by atoms with Crippen molar-refractivity contribution in [2.75, 3.05) is 0 Å². The first-order chi connectivity index (χ1) is 27.8. The molecule has 2 heteroatoms. The second kappa shape index (κ2) is 12.0. The fraction of sp³-hybridized carbons (Fsp3) is 0. The van der Waals surface area contributed by atoms with Crippen molar-refractivity contribution in [2.45, 2.75) is 0 Å². The average molecular weight is 711 g/mol. The largest absolute Gasteiger partial charge is 0.309 e. The van der Waals surface area contributed by atoms with Crippen LogP contribution in [0.2, 0.25) is 0 Å². The summed E-state index contributed by atoms with van der Waals surface area (Å²) in [6.07, 6.45) is 0. The Balaban J connectivity index is 1.15. The molecule has 0 saturated heterocycles. The maximum atomic E-state index is 2.51. The zero-order valence-corrected chi connectivity index (χ0v) is 30.5. The minimum Gasteiger partial charge on any atom is -0.309 e. The molecule has 0 aliphatic carbocycles. The van der Waals surface area contributed by atoms with E-state index in [0.29, 0.717) is 0 Å². The molecule has 0 unspecified atom stereocenters. The molecule has 0 fully saturated rings. The summed E-state index contributed by atoms with van der Waals surface area (Å²) in [4.78, 5) is 0. The summed E-state index contributed by atoms with van der Waals surface area (Å²) in [5, 5.41) is 12.6. The summed E-state index contributed by atoms with van der Waals surface area (Å²) >= 11 is 0. The molecule has 0 N–H and O–H groups in total. The smallest absolute Gasteiger partial charge is 0.0553 e. The minimum atomic E-state index is 1.17. The zero-order chi connectivity index (χ0) is 36.7. The second-order valence-electron chi connectivity index (χ2n) is 14.9. The molecule has 12 aromatic rings. The van der Waals surface area contributed by atoms with Gasteiger partial charge in [0.1, 0.15) is 0 Å². The van der Waals surface area contributed by atoms with Crippen LogP contribution in [0.25, 0.3) is 110 Å². The SMILES string of the molecule is c1ccc(-c2cc(-n3c4ccccc4c4cc(-c5ccc6c7ccccc7n(-c7ccccc7)c6c5)ccc43)c3c4ccccc4c4ccccc4c3c2)cc1. The first-order valence-electron chi connectivity index (χ1n) is 19.4. The molecular weight excluding hydrogens is 677 g/mol. The van der Waals surface area contributed by atoms with E-state index in [1.807, 2.05) is 0 Å². The molecule has 2 aromatic heterocycles. The zero-order valence-electron chi connectivity index (χ0n) is 30.5. The van der Waals surface area contributed by atoms with E-state index < -0.39 is 0 Å². The normalized spacial score (nSPS) is 11.9. The van der Waals surface area contributed by atoms with Crippen molar-refractivity contribution in [3.63, 3.8) is 0 Å². The van der Waals surface area contributed by atoms with Crippen LogP contribution in [-0.2, 0) is 0 Å². The average Bonchev–Trinajstić information content (AvgIpc) is 3.79. The van der Waals surface area contributed by atoms with E-state index >= 15 is 0 Å². The Morgan fingerprint density at radius 2 is 0.714 bits per heavy atom. The van der Waals surface area contributed by atoms with Crippen LogP contribution in [0.3, 0.4) is 0 Å². The lowest BCUT2D eigenvalue weighted by atomic mass is 9.90. The van der Waals surface area contributed by atoms with Gasteiger partial charge in [-0.15, -0.1) is 0 Å². The van der Waals surface area contributed by atoms with Gasteiger partial charge >= 0.3 is 0 Å². The Hall–Kier alpha value is -7.42. The summed E-state index contributed by atoms with van der Waals surface area (Å²) in [7, 11) is 0. The number of hydrogen-bond acceptors (Lipinski definition) is 0. The van der Waals surface area contributed by atoms with Gasteiger partial charge in [-0.05, 0) is 104 Å². The summed E-state index contributed by atoms with van der Waals surface area (Å²) < 4.78 is 4.92. The summed E-state index contributed by atoms with van der Waals surface area (Å²) in [5.74, 6) is 0. The number of nitrogens with zero attached hydrogens (tertiary/aromatic N) is 2. The van der Waals surface area contributed by atoms with Crippen LogP contribution in [0.1, 0.15) is 0 Å². The lowest BCUT2D eigenvalue weighted by molar-refractivity contribution is 1.18. The lowest BCUT2D eigenvalue weighted by Gasteiger charge is -2.18.